The summed E-state index contributed by atoms with van der Waals surface area (Å²) in [6.07, 6.45) is 0.0280. The van der Waals surface area contributed by atoms with Gasteiger partial charge in [0.1, 0.15) is 11.8 Å². The van der Waals surface area contributed by atoms with Crippen LogP contribution in [0.5, 0.6) is 5.75 Å². The fraction of sp³-hybridized carbons (Fsp3) is 0.160. The molecule has 1 atom stereocenters. The number of carbonyl (C=O) groups is 2. The first-order valence-corrected chi connectivity index (χ1v) is 10.4. The summed E-state index contributed by atoms with van der Waals surface area (Å²) >= 11 is 0. The van der Waals surface area contributed by atoms with Crippen molar-refractivity contribution in [2.45, 2.75) is 19.0 Å². The zero-order valence-corrected chi connectivity index (χ0v) is 17.6. The van der Waals surface area contributed by atoms with Gasteiger partial charge in [0.05, 0.1) is 31.1 Å². The average molecular weight is 426 g/mol. The molecule has 1 aliphatic heterocycles. The number of para-hydroxylation sites is 3. The SMILES string of the molecule is COc1ccc(CN2C(=O)[C@@H](CC(=O)Nc3ccccc3)n3c2nc2ccccc23)cc1. The molecule has 32 heavy (non-hydrogen) atoms. The number of ether oxygens (including phenoxy) is 1. The van der Waals surface area contributed by atoms with Crippen LogP contribution in [0.4, 0.5) is 11.6 Å². The quantitative estimate of drug-likeness (QED) is 0.502. The maximum atomic E-state index is 13.4. The zero-order chi connectivity index (χ0) is 22.1. The molecule has 0 radical (unpaired) electrons. The first kappa shape index (κ1) is 19.8. The summed E-state index contributed by atoms with van der Waals surface area (Å²) in [4.78, 5) is 32.6. The molecule has 7 nitrogen and oxygen atoms in total. The third-order valence-electron chi connectivity index (χ3n) is 5.62. The van der Waals surface area contributed by atoms with Crippen LogP contribution in [0.3, 0.4) is 0 Å². The Morgan fingerprint density at radius 1 is 1.00 bits per heavy atom. The van der Waals surface area contributed by atoms with E-state index in [-0.39, 0.29) is 18.2 Å². The first-order chi connectivity index (χ1) is 15.6. The van der Waals surface area contributed by atoms with Gasteiger partial charge in [0.25, 0.3) is 5.91 Å². The highest BCUT2D eigenvalue weighted by atomic mass is 16.5. The molecular weight excluding hydrogens is 404 g/mol. The largest absolute Gasteiger partial charge is 0.497 e. The lowest BCUT2D eigenvalue weighted by molar-refractivity contribution is -0.124. The van der Waals surface area contributed by atoms with Crippen LogP contribution in [0.1, 0.15) is 18.0 Å². The average Bonchev–Trinajstić information content (AvgIpc) is 3.31. The Morgan fingerprint density at radius 3 is 2.47 bits per heavy atom. The summed E-state index contributed by atoms with van der Waals surface area (Å²) in [5.74, 6) is 0.954. The molecule has 1 N–H and O–H groups in total. The van der Waals surface area contributed by atoms with Gasteiger partial charge in [-0.05, 0) is 42.0 Å². The molecule has 0 bridgehead atoms. The van der Waals surface area contributed by atoms with E-state index in [1.165, 1.54) is 0 Å². The van der Waals surface area contributed by atoms with E-state index in [1.807, 2.05) is 83.4 Å². The second-order valence-corrected chi connectivity index (χ2v) is 7.68. The van der Waals surface area contributed by atoms with Gasteiger partial charge < -0.3 is 10.1 Å². The van der Waals surface area contributed by atoms with E-state index < -0.39 is 6.04 Å². The van der Waals surface area contributed by atoms with Gasteiger partial charge in [-0.25, -0.2) is 4.98 Å². The third kappa shape index (κ3) is 3.58. The lowest BCUT2D eigenvalue weighted by Crippen LogP contribution is -2.31. The molecule has 0 spiro atoms. The second kappa shape index (κ2) is 8.19. The van der Waals surface area contributed by atoms with Gasteiger partial charge in [-0.1, -0.05) is 42.5 Å². The van der Waals surface area contributed by atoms with Crippen molar-refractivity contribution >= 4 is 34.5 Å². The summed E-state index contributed by atoms with van der Waals surface area (Å²) in [6.45, 7) is 0.364. The molecule has 4 aromatic rings. The third-order valence-corrected chi connectivity index (χ3v) is 5.62. The van der Waals surface area contributed by atoms with Crippen molar-refractivity contribution in [1.82, 2.24) is 9.55 Å². The number of aromatic nitrogens is 2. The topological polar surface area (TPSA) is 76.5 Å². The van der Waals surface area contributed by atoms with Crippen LogP contribution in [-0.4, -0.2) is 28.5 Å². The normalized spacial score (nSPS) is 15.1. The van der Waals surface area contributed by atoms with E-state index in [2.05, 4.69) is 5.32 Å². The van der Waals surface area contributed by atoms with Crippen molar-refractivity contribution in [2.75, 3.05) is 17.3 Å². The molecule has 0 aliphatic carbocycles. The Hall–Kier alpha value is -4.13. The number of carbonyl (C=O) groups excluding carboxylic acids is 2. The predicted molar refractivity (Wildman–Crippen MR) is 123 cm³/mol. The highest BCUT2D eigenvalue weighted by Crippen LogP contribution is 2.37. The maximum Gasteiger partial charge on any atom is 0.253 e. The molecule has 0 saturated carbocycles. The van der Waals surface area contributed by atoms with E-state index >= 15 is 0 Å². The van der Waals surface area contributed by atoms with Crippen LogP contribution in [0.25, 0.3) is 11.0 Å². The Morgan fingerprint density at radius 2 is 1.72 bits per heavy atom. The van der Waals surface area contributed by atoms with Crippen LogP contribution < -0.4 is 15.0 Å². The van der Waals surface area contributed by atoms with Crippen molar-refractivity contribution in [3.05, 3.63) is 84.4 Å². The number of rotatable bonds is 6. The van der Waals surface area contributed by atoms with Crippen LogP contribution in [0, 0.1) is 0 Å². The monoisotopic (exact) mass is 426 g/mol. The predicted octanol–water partition coefficient (Wildman–Crippen LogP) is 4.16. The minimum atomic E-state index is -0.653. The molecule has 2 amide bonds. The van der Waals surface area contributed by atoms with E-state index in [1.54, 1.807) is 12.0 Å². The van der Waals surface area contributed by atoms with Crippen molar-refractivity contribution < 1.29 is 14.3 Å². The zero-order valence-electron chi connectivity index (χ0n) is 17.6. The fourth-order valence-corrected chi connectivity index (χ4v) is 4.07. The molecule has 0 saturated heterocycles. The summed E-state index contributed by atoms with van der Waals surface area (Å²) in [5.41, 5.74) is 3.29. The number of hydrogen-bond acceptors (Lipinski definition) is 4. The van der Waals surface area contributed by atoms with Gasteiger partial charge in [-0.3, -0.25) is 19.1 Å². The van der Waals surface area contributed by atoms with Gasteiger partial charge in [0.15, 0.2) is 0 Å². The highest BCUT2D eigenvalue weighted by molar-refractivity contribution is 6.05. The number of nitrogens with one attached hydrogen (secondary N) is 1. The van der Waals surface area contributed by atoms with E-state index in [4.69, 9.17) is 9.72 Å². The maximum absolute atomic E-state index is 13.4. The van der Waals surface area contributed by atoms with Crippen molar-refractivity contribution in [3.63, 3.8) is 0 Å². The second-order valence-electron chi connectivity index (χ2n) is 7.68. The number of amides is 2. The summed E-state index contributed by atoms with van der Waals surface area (Å²) in [5, 5.41) is 2.88. The fourth-order valence-electron chi connectivity index (χ4n) is 4.07. The van der Waals surface area contributed by atoms with Crippen molar-refractivity contribution in [1.29, 1.82) is 0 Å². The molecule has 3 aromatic carbocycles. The number of hydrogen-bond donors (Lipinski definition) is 1. The van der Waals surface area contributed by atoms with Gasteiger partial charge in [-0.15, -0.1) is 0 Å². The van der Waals surface area contributed by atoms with Gasteiger partial charge in [0, 0.05) is 5.69 Å². The van der Waals surface area contributed by atoms with Crippen LogP contribution >= 0.6 is 0 Å². The number of benzene rings is 3. The Kier molecular flexibility index (Phi) is 5.07. The number of nitrogens with zero attached hydrogens (tertiary/aromatic N) is 3. The number of imidazole rings is 1. The lowest BCUT2D eigenvalue weighted by atomic mass is 10.1. The summed E-state index contributed by atoms with van der Waals surface area (Å²) in [7, 11) is 1.62. The molecule has 2 heterocycles. The number of fused-ring (bicyclic) bond motifs is 3. The van der Waals surface area contributed by atoms with Crippen molar-refractivity contribution in [2.24, 2.45) is 0 Å². The number of methoxy groups -OCH3 is 1. The van der Waals surface area contributed by atoms with E-state index in [0.717, 1.165) is 22.3 Å². The molecule has 160 valence electrons. The van der Waals surface area contributed by atoms with Gasteiger partial charge in [-0.2, -0.15) is 0 Å². The molecular formula is C25H22N4O3. The Balaban J connectivity index is 1.46. The van der Waals surface area contributed by atoms with Crippen LogP contribution in [-0.2, 0) is 16.1 Å². The van der Waals surface area contributed by atoms with Gasteiger partial charge in [0.2, 0.25) is 11.9 Å². The van der Waals surface area contributed by atoms with Gasteiger partial charge >= 0.3 is 0 Å². The Labute approximate surface area is 185 Å². The van der Waals surface area contributed by atoms with Crippen LogP contribution in [0.15, 0.2) is 78.9 Å². The molecule has 5 rings (SSSR count). The van der Waals surface area contributed by atoms with Crippen molar-refractivity contribution in [3.8, 4) is 5.75 Å². The highest BCUT2D eigenvalue weighted by Gasteiger charge is 2.40. The summed E-state index contributed by atoms with van der Waals surface area (Å²) < 4.78 is 7.11. The standard InChI is InChI=1S/C25H22N4O3/c1-32-19-13-11-17(12-14-19)16-28-24(31)22(15-23(30)26-18-7-3-2-4-8-18)29-21-10-6-5-9-20(21)27-25(28)29/h2-14,22H,15-16H2,1H3,(H,26,30)/t22-/m1/s1. The molecule has 7 heteroatoms. The summed E-state index contributed by atoms with van der Waals surface area (Å²) in [6, 6.07) is 23.8. The van der Waals surface area contributed by atoms with Crippen LogP contribution in [0.2, 0.25) is 0 Å². The van der Waals surface area contributed by atoms with E-state index in [9.17, 15) is 9.59 Å². The van der Waals surface area contributed by atoms with E-state index in [0.29, 0.717) is 18.2 Å². The molecule has 1 aliphatic rings. The molecule has 1 aromatic heterocycles. The first-order valence-electron chi connectivity index (χ1n) is 10.4. The Bertz CT molecular complexity index is 1280. The minimum absolute atomic E-state index is 0.0280. The minimum Gasteiger partial charge on any atom is -0.497 e. The molecule has 0 unspecified atom stereocenters. The smallest absolute Gasteiger partial charge is 0.253 e. The molecule has 0 fully saturated rings. The number of anilines is 2. The lowest BCUT2D eigenvalue weighted by Gasteiger charge is -2.16.